The third-order valence-electron chi connectivity index (χ3n) is 7.00. The fourth-order valence-corrected chi connectivity index (χ4v) is 4.84. The highest BCUT2D eigenvalue weighted by Crippen LogP contribution is 2.25. The molecule has 4 rings (SSSR count). The minimum atomic E-state index is -1.23. The van der Waals surface area contributed by atoms with Crippen LogP contribution in [-0.4, -0.2) is 71.3 Å². The Kier molecular flexibility index (Phi) is 11.3. The molecule has 0 spiro atoms. The number of carbonyl (C=O) groups excluding carboxylic acids is 1. The van der Waals surface area contributed by atoms with Crippen molar-refractivity contribution in [2.75, 3.05) is 19.7 Å². The molecule has 9 heteroatoms. The number of aliphatic hydroxyl groups excluding tert-OH is 2. The molecule has 4 aromatic carbocycles. The molecular formula is C33H37N3O6. The van der Waals surface area contributed by atoms with Gasteiger partial charge in [-0.3, -0.25) is 4.79 Å². The lowest BCUT2D eigenvalue weighted by Gasteiger charge is -2.27. The summed E-state index contributed by atoms with van der Waals surface area (Å²) in [5, 5.41) is 41.3. The molecule has 0 aliphatic carbocycles. The van der Waals surface area contributed by atoms with Gasteiger partial charge in [0, 0.05) is 18.5 Å². The summed E-state index contributed by atoms with van der Waals surface area (Å²) in [4.78, 5) is 24.3. The minimum Gasteiger partial charge on any atom is -0.483 e. The molecule has 1 unspecified atom stereocenters. The first-order valence-electron chi connectivity index (χ1n) is 13.9. The lowest BCUT2D eigenvalue weighted by atomic mass is 10.00. The zero-order valence-electron chi connectivity index (χ0n) is 23.2. The van der Waals surface area contributed by atoms with E-state index >= 15 is 0 Å². The second kappa shape index (κ2) is 15.5. The highest BCUT2D eigenvalue weighted by atomic mass is 16.5. The normalized spacial score (nSPS) is 14.0. The lowest BCUT2D eigenvalue weighted by Crippen LogP contribution is -2.52. The molecule has 4 atom stereocenters. The number of benzene rings is 4. The topological polar surface area (TPSA) is 140 Å². The lowest BCUT2D eigenvalue weighted by molar-refractivity contribution is -0.124. The zero-order valence-corrected chi connectivity index (χ0v) is 23.2. The number of carboxylic acid groups (broad SMARTS) is 1. The first kappa shape index (κ1) is 30.5. The van der Waals surface area contributed by atoms with Crippen molar-refractivity contribution in [2.45, 2.75) is 37.1 Å². The number of carbonyl (C=O) groups is 2. The molecule has 0 fully saturated rings. The van der Waals surface area contributed by atoms with E-state index in [4.69, 9.17) is 4.74 Å². The highest BCUT2D eigenvalue weighted by Gasteiger charge is 2.25. The van der Waals surface area contributed by atoms with E-state index in [2.05, 4.69) is 16.0 Å². The van der Waals surface area contributed by atoms with Crippen LogP contribution in [0.25, 0.3) is 10.8 Å². The van der Waals surface area contributed by atoms with Crippen molar-refractivity contribution in [2.24, 2.45) is 0 Å². The van der Waals surface area contributed by atoms with Crippen molar-refractivity contribution in [1.29, 1.82) is 0 Å². The monoisotopic (exact) mass is 571 g/mol. The van der Waals surface area contributed by atoms with Gasteiger partial charge < -0.3 is 36.0 Å². The fraction of sp³-hybridized carbons (Fsp3) is 0.273. The number of fused-ring (bicyclic) bond motifs is 1. The third-order valence-corrected chi connectivity index (χ3v) is 7.00. The molecule has 0 radical (unpaired) electrons. The van der Waals surface area contributed by atoms with Gasteiger partial charge in [-0.1, -0.05) is 97.1 Å². The van der Waals surface area contributed by atoms with E-state index in [0.29, 0.717) is 18.6 Å². The third kappa shape index (κ3) is 9.31. The van der Waals surface area contributed by atoms with Crippen LogP contribution in [-0.2, 0) is 17.6 Å². The van der Waals surface area contributed by atoms with E-state index in [1.165, 1.54) is 0 Å². The Morgan fingerprint density at radius 3 is 1.79 bits per heavy atom. The second-order valence-corrected chi connectivity index (χ2v) is 10.2. The van der Waals surface area contributed by atoms with E-state index in [-0.39, 0.29) is 25.6 Å². The molecular weight excluding hydrogens is 534 g/mol. The smallest absolute Gasteiger partial charge is 0.404 e. The number of hydrogen-bond donors (Lipinski definition) is 6. The largest absolute Gasteiger partial charge is 0.483 e. The van der Waals surface area contributed by atoms with Crippen LogP contribution in [0.1, 0.15) is 11.1 Å². The molecule has 0 saturated heterocycles. The Labute approximate surface area is 245 Å². The van der Waals surface area contributed by atoms with Crippen LogP contribution >= 0.6 is 0 Å². The number of rotatable bonds is 15. The van der Waals surface area contributed by atoms with Crippen molar-refractivity contribution in [3.8, 4) is 5.75 Å². The Hall–Kier alpha value is -4.44. The van der Waals surface area contributed by atoms with Crippen molar-refractivity contribution in [3.05, 3.63) is 114 Å². The average Bonchev–Trinajstić information content (AvgIpc) is 3.00. The molecule has 42 heavy (non-hydrogen) atoms. The summed E-state index contributed by atoms with van der Waals surface area (Å²) < 4.78 is 5.83. The Bertz CT molecular complexity index is 1410. The molecule has 4 aromatic rings. The van der Waals surface area contributed by atoms with Crippen molar-refractivity contribution in [1.82, 2.24) is 16.0 Å². The van der Waals surface area contributed by atoms with Gasteiger partial charge in [0.15, 0.2) is 6.61 Å². The summed E-state index contributed by atoms with van der Waals surface area (Å²) in [6.45, 7) is -0.130. The van der Waals surface area contributed by atoms with E-state index in [1.807, 2.05) is 103 Å². The number of nitrogens with one attached hydrogen (secondary N) is 3. The van der Waals surface area contributed by atoms with E-state index < -0.39 is 30.4 Å². The number of amides is 2. The van der Waals surface area contributed by atoms with Gasteiger partial charge in [-0.25, -0.2) is 4.79 Å². The molecule has 6 N–H and O–H groups in total. The van der Waals surface area contributed by atoms with Gasteiger partial charge in [0.1, 0.15) is 5.75 Å². The van der Waals surface area contributed by atoms with Crippen LogP contribution in [0.3, 0.4) is 0 Å². The number of aliphatic hydroxyl groups is 2. The summed E-state index contributed by atoms with van der Waals surface area (Å²) in [7, 11) is 0. The Morgan fingerprint density at radius 1 is 0.667 bits per heavy atom. The summed E-state index contributed by atoms with van der Waals surface area (Å²) in [5.41, 5.74) is 1.82. The minimum absolute atomic E-state index is 0.0328. The molecule has 220 valence electrons. The summed E-state index contributed by atoms with van der Waals surface area (Å²) in [5.74, 6) is 0.218. The molecule has 0 aromatic heterocycles. The molecule has 0 heterocycles. The van der Waals surface area contributed by atoms with Gasteiger partial charge in [0.2, 0.25) is 0 Å². The molecule has 0 aliphatic heterocycles. The summed E-state index contributed by atoms with van der Waals surface area (Å²) >= 11 is 0. The van der Waals surface area contributed by atoms with Crippen LogP contribution in [0.15, 0.2) is 103 Å². The van der Waals surface area contributed by atoms with Crippen LogP contribution in [0.4, 0.5) is 4.79 Å². The average molecular weight is 572 g/mol. The van der Waals surface area contributed by atoms with Gasteiger partial charge in [-0.15, -0.1) is 0 Å². The van der Waals surface area contributed by atoms with Gasteiger partial charge in [-0.2, -0.15) is 0 Å². The van der Waals surface area contributed by atoms with E-state index in [0.717, 1.165) is 21.9 Å². The first-order valence-corrected chi connectivity index (χ1v) is 13.9. The van der Waals surface area contributed by atoms with Gasteiger partial charge in [0.25, 0.3) is 5.91 Å². The standard InChI is InChI=1S/C33H37N3O6/c37-29(20-34-21-30(38)28(36-33(40)41)19-24-12-5-2-6-13-24)27(18-23-10-3-1-4-11-23)35-32(39)22-42-31-17-9-15-25-14-7-8-16-26(25)31/h1-17,27-30,34,36-38H,18-22H2,(H,35,39)(H,40,41)/t27-,28-,29?,30+/m0/s1. The quantitative estimate of drug-likeness (QED) is 0.129. The molecule has 0 bridgehead atoms. The van der Waals surface area contributed by atoms with E-state index in [9.17, 15) is 24.9 Å². The predicted molar refractivity (Wildman–Crippen MR) is 161 cm³/mol. The zero-order chi connectivity index (χ0) is 29.7. The van der Waals surface area contributed by atoms with Crippen LogP contribution in [0, 0.1) is 0 Å². The maximum atomic E-state index is 12.9. The summed E-state index contributed by atoms with van der Waals surface area (Å²) in [6.07, 6.45) is -2.60. The maximum absolute atomic E-state index is 12.9. The molecule has 9 nitrogen and oxygen atoms in total. The van der Waals surface area contributed by atoms with Crippen molar-refractivity contribution >= 4 is 22.8 Å². The van der Waals surface area contributed by atoms with Gasteiger partial charge in [-0.05, 0) is 35.4 Å². The van der Waals surface area contributed by atoms with E-state index in [1.54, 1.807) is 0 Å². The molecule has 2 amide bonds. The van der Waals surface area contributed by atoms with Crippen LogP contribution in [0.2, 0.25) is 0 Å². The predicted octanol–water partition coefficient (Wildman–Crippen LogP) is 3.14. The van der Waals surface area contributed by atoms with Crippen molar-refractivity contribution in [3.63, 3.8) is 0 Å². The van der Waals surface area contributed by atoms with Crippen LogP contribution < -0.4 is 20.7 Å². The maximum Gasteiger partial charge on any atom is 0.404 e. The SMILES string of the molecule is O=C(O)N[C@@H](Cc1ccccc1)[C@H](O)CNCC(O)[C@H](Cc1ccccc1)NC(=O)COc1cccc2ccccc12. The molecule has 0 aliphatic rings. The van der Waals surface area contributed by atoms with Crippen molar-refractivity contribution < 1.29 is 29.6 Å². The Morgan fingerprint density at radius 2 is 1.19 bits per heavy atom. The molecule has 0 saturated carbocycles. The van der Waals surface area contributed by atoms with Gasteiger partial charge in [0.05, 0.1) is 24.3 Å². The summed E-state index contributed by atoms with van der Waals surface area (Å²) in [6, 6.07) is 30.8. The Balaban J connectivity index is 1.34. The fourth-order valence-electron chi connectivity index (χ4n) is 4.84. The first-order chi connectivity index (χ1) is 20.4. The number of ether oxygens (including phenoxy) is 1. The number of hydrogen-bond acceptors (Lipinski definition) is 6. The van der Waals surface area contributed by atoms with Gasteiger partial charge >= 0.3 is 6.09 Å². The highest BCUT2D eigenvalue weighted by molar-refractivity contribution is 5.88. The van der Waals surface area contributed by atoms with Crippen LogP contribution in [0.5, 0.6) is 5.75 Å². The second-order valence-electron chi connectivity index (χ2n) is 10.2.